The maximum Gasteiger partial charge on any atom is 0.327 e. The number of hydrogen-bond acceptors (Lipinski definition) is 3. The molecule has 2 unspecified atom stereocenters. The number of hydrogen-bond donors (Lipinski definition) is 2. The highest BCUT2D eigenvalue weighted by molar-refractivity contribution is 7.99. The van der Waals surface area contributed by atoms with E-state index in [0.29, 0.717) is 11.6 Å². The molecule has 6 heteroatoms. The average molecular weight is 308 g/mol. The van der Waals surface area contributed by atoms with Crippen LogP contribution in [0.15, 0.2) is 30.3 Å². The van der Waals surface area contributed by atoms with Gasteiger partial charge in [-0.1, -0.05) is 30.3 Å². The van der Waals surface area contributed by atoms with E-state index < -0.39 is 12.0 Å². The Hall–Kier alpha value is -1.69. The highest BCUT2D eigenvalue weighted by atomic mass is 32.2. The molecule has 5 nitrogen and oxygen atoms in total. The van der Waals surface area contributed by atoms with Gasteiger partial charge in [0.2, 0.25) is 0 Å². The largest absolute Gasteiger partial charge is 0.480 e. The van der Waals surface area contributed by atoms with Gasteiger partial charge in [-0.25, -0.2) is 9.59 Å². The van der Waals surface area contributed by atoms with Crippen molar-refractivity contribution >= 4 is 23.8 Å². The van der Waals surface area contributed by atoms with Crippen molar-refractivity contribution in [2.24, 2.45) is 0 Å². The van der Waals surface area contributed by atoms with Crippen LogP contribution in [0.3, 0.4) is 0 Å². The number of carbonyl (C=O) groups excluding carboxylic acids is 1. The number of aliphatic carboxylic acids is 1. The van der Waals surface area contributed by atoms with Gasteiger partial charge < -0.3 is 15.3 Å². The first-order valence-corrected chi connectivity index (χ1v) is 8.15. The van der Waals surface area contributed by atoms with Crippen LogP contribution in [0, 0.1) is 0 Å². The van der Waals surface area contributed by atoms with Gasteiger partial charge in [-0.15, -0.1) is 11.8 Å². The highest BCUT2D eigenvalue weighted by Gasteiger charge is 2.34. The number of rotatable bonds is 5. The zero-order valence-corrected chi connectivity index (χ0v) is 12.8. The number of aryl methyl sites for hydroxylation is 1. The highest BCUT2D eigenvalue weighted by Crippen LogP contribution is 2.21. The van der Waals surface area contributed by atoms with E-state index in [2.05, 4.69) is 17.4 Å². The number of nitrogens with zero attached hydrogens (tertiary/aromatic N) is 1. The minimum absolute atomic E-state index is 0.0118. The second kappa shape index (κ2) is 7.36. The summed E-state index contributed by atoms with van der Waals surface area (Å²) in [6, 6.07) is 9.11. The van der Waals surface area contributed by atoms with Gasteiger partial charge in [0.1, 0.15) is 6.04 Å². The number of benzene rings is 1. The molecule has 2 atom stereocenters. The summed E-state index contributed by atoms with van der Waals surface area (Å²) in [6.07, 6.45) is 1.72. The first-order chi connectivity index (χ1) is 10.1. The predicted molar refractivity (Wildman–Crippen MR) is 83.3 cm³/mol. The number of thioether (sulfide) groups is 1. The summed E-state index contributed by atoms with van der Waals surface area (Å²) >= 11 is 1.47. The molecule has 2 N–H and O–H groups in total. The fourth-order valence-corrected chi connectivity index (χ4v) is 3.39. The van der Waals surface area contributed by atoms with E-state index in [9.17, 15) is 9.59 Å². The van der Waals surface area contributed by atoms with Crippen LogP contribution >= 0.6 is 11.8 Å². The molecule has 0 aliphatic carbocycles. The zero-order valence-electron chi connectivity index (χ0n) is 12.0. The Balaban J connectivity index is 1.80. The molecule has 0 bridgehead atoms. The van der Waals surface area contributed by atoms with Gasteiger partial charge in [-0.05, 0) is 25.3 Å². The van der Waals surface area contributed by atoms with Crippen molar-refractivity contribution in [3.05, 3.63) is 35.9 Å². The van der Waals surface area contributed by atoms with E-state index in [0.717, 1.165) is 12.8 Å². The summed E-state index contributed by atoms with van der Waals surface area (Å²) in [6.45, 7) is 1.94. The standard InChI is InChI=1S/C15H20N2O3S/c1-11(7-8-12-5-3-2-4-6-12)16-15(20)17-10-21-9-13(17)14(18)19/h2-6,11,13H,7-10H2,1H3,(H,16,20)(H,18,19). The quantitative estimate of drug-likeness (QED) is 0.875. The van der Waals surface area contributed by atoms with Gasteiger partial charge in [0.25, 0.3) is 0 Å². The topological polar surface area (TPSA) is 69.6 Å². The van der Waals surface area contributed by atoms with Crippen LogP contribution in [-0.2, 0) is 11.2 Å². The Labute approximate surface area is 128 Å². The Morgan fingerprint density at radius 3 is 2.81 bits per heavy atom. The molecular formula is C15H20N2O3S. The Bertz CT molecular complexity index is 495. The SMILES string of the molecule is CC(CCc1ccccc1)NC(=O)N1CSCC1C(=O)O. The van der Waals surface area contributed by atoms with Crippen LogP contribution in [0.4, 0.5) is 4.79 Å². The number of carboxylic acids is 1. The molecule has 0 spiro atoms. The summed E-state index contributed by atoms with van der Waals surface area (Å²) in [5.41, 5.74) is 1.23. The molecule has 1 fully saturated rings. The first-order valence-electron chi connectivity index (χ1n) is 6.99. The number of carbonyl (C=O) groups is 2. The van der Waals surface area contributed by atoms with Crippen LogP contribution in [0.2, 0.25) is 0 Å². The Kier molecular flexibility index (Phi) is 5.50. The molecule has 2 rings (SSSR count). The number of nitrogens with one attached hydrogen (secondary N) is 1. The molecule has 1 aromatic carbocycles. The van der Waals surface area contributed by atoms with Gasteiger partial charge in [0, 0.05) is 11.8 Å². The molecule has 0 saturated carbocycles. The monoisotopic (exact) mass is 308 g/mol. The molecule has 1 aliphatic heterocycles. The summed E-state index contributed by atoms with van der Waals surface area (Å²) in [5, 5.41) is 12.0. The van der Waals surface area contributed by atoms with E-state index in [4.69, 9.17) is 5.11 Å². The molecule has 0 radical (unpaired) electrons. The third-order valence-electron chi connectivity index (χ3n) is 3.51. The molecule has 1 saturated heterocycles. The first kappa shape index (κ1) is 15.7. The maximum absolute atomic E-state index is 12.1. The number of amides is 2. The van der Waals surface area contributed by atoms with Gasteiger partial charge in [0.15, 0.2) is 0 Å². The molecule has 0 aromatic heterocycles. The molecule has 114 valence electrons. The second-order valence-electron chi connectivity index (χ2n) is 5.20. The zero-order chi connectivity index (χ0) is 15.2. The van der Waals surface area contributed by atoms with Crippen molar-refractivity contribution in [2.75, 3.05) is 11.6 Å². The van der Waals surface area contributed by atoms with Crippen molar-refractivity contribution in [1.29, 1.82) is 0 Å². The molecular weight excluding hydrogens is 288 g/mol. The predicted octanol–water partition coefficient (Wildman–Crippen LogP) is 2.18. The van der Waals surface area contributed by atoms with E-state index in [1.165, 1.54) is 22.2 Å². The van der Waals surface area contributed by atoms with Crippen molar-refractivity contribution in [3.63, 3.8) is 0 Å². The Morgan fingerprint density at radius 1 is 1.43 bits per heavy atom. The number of carboxylic acid groups (broad SMARTS) is 1. The van der Waals surface area contributed by atoms with Crippen molar-refractivity contribution in [2.45, 2.75) is 31.8 Å². The smallest absolute Gasteiger partial charge is 0.327 e. The third-order valence-corrected chi connectivity index (χ3v) is 4.52. The second-order valence-corrected chi connectivity index (χ2v) is 6.20. The average Bonchev–Trinajstić information content (AvgIpc) is 2.96. The minimum Gasteiger partial charge on any atom is -0.480 e. The van der Waals surface area contributed by atoms with Crippen LogP contribution in [0.25, 0.3) is 0 Å². The lowest BCUT2D eigenvalue weighted by molar-refractivity contribution is -0.140. The van der Waals surface area contributed by atoms with Gasteiger partial charge >= 0.3 is 12.0 Å². The minimum atomic E-state index is -0.938. The third kappa shape index (κ3) is 4.39. The van der Waals surface area contributed by atoms with E-state index in [1.54, 1.807) is 0 Å². The summed E-state index contributed by atoms with van der Waals surface area (Å²) in [7, 11) is 0. The lowest BCUT2D eigenvalue weighted by Gasteiger charge is -2.23. The van der Waals surface area contributed by atoms with Crippen LogP contribution in [0.1, 0.15) is 18.9 Å². The van der Waals surface area contributed by atoms with Crippen molar-refractivity contribution < 1.29 is 14.7 Å². The molecule has 1 heterocycles. The van der Waals surface area contributed by atoms with Crippen LogP contribution in [0.5, 0.6) is 0 Å². The van der Waals surface area contributed by atoms with Crippen LogP contribution in [-0.4, -0.2) is 45.7 Å². The van der Waals surface area contributed by atoms with Gasteiger partial charge in [-0.2, -0.15) is 0 Å². The lowest BCUT2D eigenvalue weighted by Crippen LogP contribution is -2.49. The van der Waals surface area contributed by atoms with E-state index >= 15 is 0 Å². The van der Waals surface area contributed by atoms with Gasteiger partial charge in [-0.3, -0.25) is 0 Å². The normalized spacial score (nSPS) is 19.3. The maximum atomic E-state index is 12.1. The van der Waals surface area contributed by atoms with Crippen LogP contribution < -0.4 is 5.32 Å². The summed E-state index contributed by atoms with van der Waals surface area (Å²) in [4.78, 5) is 24.6. The molecule has 21 heavy (non-hydrogen) atoms. The number of urea groups is 1. The van der Waals surface area contributed by atoms with E-state index in [1.807, 2.05) is 25.1 Å². The fourth-order valence-electron chi connectivity index (χ4n) is 2.24. The van der Waals surface area contributed by atoms with Gasteiger partial charge in [0.05, 0.1) is 5.88 Å². The summed E-state index contributed by atoms with van der Waals surface area (Å²) in [5.74, 6) is -0.0397. The lowest BCUT2D eigenvalue weighted by atomic mass is 10.1. The summed E-state index contributed by atoms with van der Waals surface area (Å²) < 4.78 is 0. The van der Waals surface area contributed by atoms with Crippen molar-refractivity contribution in [3.8, 4) is 0 Å². The Morgan fingerprint density at radius 2 is 2.14 bits per heavy atom. The fraction of sp³-hybridized carbons (Fsp3) is 0.467. The van der Waals surface area contributed by atoms with Crippen molar-refractivity contribution in [1.82, 2.24) is 10.2 Å². The van der Waals surface area contributed by atoms with E-state index in [-0.39, 0.29) is 12.1 Å². The molecule has 1 aromatic rings. The molecule has 2 amide bonds. The molecule has 1 aliphatic rings.